The average molecular weight is 269 g/mol. The Morgan fingerprint density at radius 1 is 1.29 bits per heavy atom. The molecule has 2 aromatic heterocycles. The summed E-state index contributed by atoms with van der Waals surface area (Å²) in [5.41, 5.74) is 2.92. The zero-order valence-electron chi connectivity index (χ0n) is 9.11. The maximum atomic E-state index is 5.89. The third-order valence-electron chi connectivity index (χ3n) is 2.34. The lowest BCUT2D eigenvalue weighted by atomic mass is 10.1. The van der Waals surface area contributed by atoms with Crippen molar-refractivity contribution in [3.63, 3.8) is 0 Å². The summed E-state index contributed by atoms with van der Waals surface area (Å²) in [4.78, 5) is 4.07. The number of halogens is 2. The second-order valence-electron chi connectivity index (χ2n) is 3.53. The molecule has 1 N–H and O–H groups in total. The van der Waals surface area contributed by atoms with Gasteiger partial charge in [-0.1, -0.05) is 23.2 Å². The topological polar surface area (TPSA) is 50.7 Å². The molecule has 0 saturated heterocycles. The number of aryl methyl sites for hydroxylation is 1. The van der Waals surface area contributed by atoms with Crippen LogP contribution in [0.3, 0.4) is 0 Å². The first kappa shape index (κ1) is 12.1. The zero-order chi connectivity index (χ0) is 12.3. The Balaban J connectivity index is 2.12. The Bertz CT molecular complexity index is 531. The van der Waals surface area contributed by atoms with Gasteiger partial charge < -0.3 is 5.32 Å². The highest BCUT2D eigenvalue weighted by atomic mass is 35.5. The molecule has 0 saturated carbocycles. The van der Waals surface area contributed by atoms with E-state index in [0.29, 0.717) is 22.5 Å². The zero-order valence-corrected chi connectivity index (χ0v) is 10.6. The highest BCUT2D eigenvalue weighted by Gasteiger charge is 2.04. The Labute approximate surface area is 109 Å². The molecule has 4 nitrogen and oxygen atoms in total. The fourth-order valence-corrected chi connectivity index (χ4v) is 1.66. The molecular weight excluding hydrogens is 259 g/mol. The summed E-state index contributed by atoms with van der Waals surface area (Å²) in [7, 11) is 0. The lowest BCUT2D eigenvalue weighted by Gasteiger charge is -2.09. The quantitative estimate of drug-likeness (QED) is 0.930. The van der Waals surface area contributed by atoms with Crippen molar-refractivity contribution in [1.29, 1.82) is 0 Å². The molecular formula is C11H10Cl2N4. The third-order valence-corrected chi connectivity index (χ3v) is 2.80. The van der Waals surface area contributed by atoms with Crippen LogP contribution in [-0.2, 0) is 6.54 Å². The minimum absolute atomic E-state index is 0.302. The predicted molar refractivity (Wildman–Crippen MR) is 68.4 cm³/mol. The van der Waals surface area contributed by atoms with Gasteiger partial charge in [-0.25, -0.2) is 0 Å². The minimum Gasteiger partial charge on any atom is -0.378 e. The van der Waals surface area contributed by atoms with Gasteiger partial charge in [-0.3, -0.25) is 4.98 Å². The largest absolute Gasteiger partial charge is 0.378 e. The maximum Gasteiger partial charge on any atom is 0.174 e. The van der Waals surface area contributed by atoms with E-state index in [4.69, 9.17) is 23.2 Å². The van der Waals surface area contributed by atoms with E-state index in [9.17, 15) is 0 Å². The van der Waals surface area contributed by atoms with Crippen molar-refractivity contribution in [1.82, 2.24) is 15.2 Å². The molecule has 0 amide bonds. The van der Waals surface area contributed by atoms with Crippen LogP contribution in [0.4, 0.5) is 5.69 Å². The molecule has 0 aliphatic heterocycles. The molecule has 17 heavy (non-hydrogen) atoms. The monoisotopic (exact) mass is 268 g/mol. The van der Waals surface area contributed by atoms with E-state index in [1.807, 2.05) is 19.2 Å². The van der Waals surface area contributed by atoms with Crippen molar-refractivity contribution in [3.8, 4) is 0 Å². The van der Waals surface area contributed by atoms with Crippen molar-refractivity contribution in [2.75, 3.05) is 5.32 Å². The van der Waals surface area contributed by atoms with Crippen LogP contribution >= 0.6 is 23.2 Å². The van der Waals surface area contributed by atoms with Crippen LogP contribution in [0.5, 0.6) is 0 Å². The summed E-state index contributed by atoms with van der Waals surface area (Å²) < 4.78 is 0. The van der Waals surface area contributed by atoms with Crippen molar-refractivity contribution in [2.24, 2.45) is 0 Å². The van der Waals surface area contributed by atoms with Gasteiger partial charge in [-0.05, 0) is 24.1 Å². The summed E-state index contributed by atoms with van der Waals surface area (Å²) >= 11 is 11.6. The van der Waals surface area contributed by atoms with Crippen LogP contribution in [0.15, 0.2) is 24.5 Å². The van der Waals surface area contributed by atoms with Gasteiger partial charge in [-0.2, -0.15) is 0 Å². The fraction of sp³-hybridized carbons (Fsp3) is 0.182. The van der Waals surface area contributed by atoms with Crippen LogP contribution in [0.2, 0.25) is 10.3 Å². The predicted octanol–water partition coefficient (Wildman–Crippen LogP) is 3.10. The number of hydrogen-bond acceptors (Lipinski definition) is 4. The second-order valence-corrected chi connectivity index (χ2v) is 4.27. The lowest BCUT2D eigenvalue weighted by molar-refractivity contribution is 1.01. The molecule has 2 rings (SSSR count). The van der Waals surface area contributed by atoms with Crippen molar-refractivity contribution in [3.05, 3.63) is 46.0 Å². The molecule has 0 spiro atoms. The molecule has 0 atom stereocenters. The summed E-state index contributed by atoms with van der Waals surface area (Å²) in [6.45, 7) is 2.64. The number of aromatic nitrogens is 3. The van der Waals surface area contributed by atoms with Gasteiger partial charge in [0.25, 0.3) is 0 Å². The normalized spacial score (nSPS) is 10.3. The molecule has 0 bridgehead atoms. The molecule has 2 heterocycles. The smallest absolute Gasteiger partial charge is 0.174 e. The fourth-order valence-electron chi connectivity index (χ4n) is 1.35. The molecule has 88 valence electrons. The number of hydrogen-bond donors (Lipinski definition) is 1. The average Bonchev–Trinajstić information content (AvgIpc) is 2.32. The van der Waals surface area contributed by atoms with Gasteiger partial charge >= 0.3 is 0 Å². The standard InChI is InChI=1S/C11H10Cl2N4/c1-7-2-3-14-5-8(7)6-15-9-4-10(12)16-17-11(9)13/h2-5H,6H2,1H3,(H,15,16). The first-order valence-electron chi connectivity index (χ1n) is 4.99. The number of rotatable bonds is 3. The lowest BCUT2D eigenvalue weighted by Crippen LogP contribution is -2.03. The first-order valence-corrected chi connectivity index (χ1v) is 5.74. The summed E-state index contributed by atoms with van der Waals surface area (Å²) in [6.07, 6.45) is 3.57. The number of anilines is 1. The molecule has 0 unspecified atom stereocenters. The van der Waals surface area contributed by atoms with E-state index < -0.39 is 0 Å². The van der Waals surface area contributed by atoms with Crippen molar-refractivity contribution >= 4 is 28.9 Å². The van der Waals surface area contributed by atoms with Crippen molar-refractivity contribution in [2.45, 2.75) is 13.5 Å². The first-order chi connectivity index (χ1) is 8.16. The third kappa shape index (κ3) is 3.05. The van der Waals surface area contributed by atoms with E-state index in [0.717, 1.165) is 11.1 Å². The summed E-state index contributed by atoms with van der Waals surface area (Å²) in [5, 5.41) is 11.1. The van der Waals surface area contributed by atoms with E-state index in [1.165, 1.54) is 0 Å². The summed E-state index contributed by atoms with van der Waals surface area (Å²) in [6, 6.07) is 3.60. The van der Waals surface area contributed by atoms with E-state index in [1.54, 1.807) is 12.3 Å². The minimum atomic E-state index is 0.302. The van der Waals surface area contributed by atoms with Gasteiger partial charge in [0.1, 0.15) is 0 Å². The highest BCUT2D eigenvalue weighted by Crippen LogP contribution is 2.21. The Hall–Kier alpha value is -1.39. The van der Waals surface area contributed by atoms with Gasteiger partial charge in [0.15, 0.2) is 10.3 Å². The Kier molecular flexibility index (Phi) is 3.76. The Morgan fingerprint density at radius 2 is 2.12 bits per heavy atom. The van der Waals surface area contributed by atoms with Crippen LogP contribution in [-0.4, -0.2) is 15.2 Å². The van der Waals surface area contributed by atoms with E-state index >= 15 is 0 Å². The van der Waals surface area contributed by atoms with Crippen molar-refractivity contribution < 1.29 is 0 Å². The van der Waals surface area contributed by atoms with Gasteiger partial charge in [0.2, 0.25) is 0 Å². The maximum absolute atomic E-state index is 5.89. The number of nitrogens with zero attached hydrogens (tertiary/aromatic N) is 3. The van der Waals surface area contributed by atoms with Crippen LogP contribution in [0.1, 0.15) is 11.1 Å². The highest BCUT2D eigenvalue weighted by molar-refractivity contribution is 6.33. The SMILES string of the molecule is Cc1ccncc1CNc1cc(Cl)nnc1Cl. The molecule has 0 aliphatic carbocycles. The molecule has 2 aromatic rings. The number of pyridine rings is 1. The van der Waals surface area contributed by atoms with Crippen LogP contribution in [0, 0.1) is 6.92 Å². The molecule has 0 radical (unpaired) electrons. The van der Waals surface area contributed by atoms with E-state index in [-0.39, 0.29) is 0 Å². The molecule has 6 heteroatoms. The number of nitrogens with one attached hydrogen (secondary N) is 1. The second kappa shape index (κ2) is 5.29. The van der Waals surface area contributed by atoms with E-state index in [2.05, 4.69) is 20.5 Å². The van der Waals surface area contributed by atoms with Crippen LogP contribution in [0.25, 0.3) is 0 Å². The molecule has 0 fully saturated rings. The van der Waals surface area contributed by atoms with Gasteiger partial charge in [-0.15, -0.1) is 10.2 Å². The van der Waals surface area contributed by atoms with Gasteiger partial charge in [0.05, 0.1) is 5.69 Å². The van der Waals surface area contributed by atoms with Gasteiger partial charge in [0, 0.05) is 25.0 Å². The molecule has 0 aromatic carbocycles. The van der Waals surface area contributed by atoms with Crippen LogP contribution < -0.4 is 5.32 Å². The Morgan fingerprint density at radius 3 is 2.88 bits per heavy atom. The molecule has 0 aliphatic rings. The summed E-state index contributed by atoms with van der Waals surface area (Å²) in [5.74, 6) is 0.